The number of aromatic nitrogens is 1. The number of benzene rings is 1. The van der Waals surface area contributed by atoms with Crippen LogP contribution >= 0.6 is 0 Å². The first kappa shape index (κ1) is 20.8. The van der Waals surface area contributed by atoms with Crippen molar-refractivity contribution >= 4 is 17.7 Å². The fourth-order valence-corrected chi connectivity index (χ4v) is 4.66. The van der Waals surface area contributed by atoms with E-state index in [-0.39, 0.29) is 18.2 Å². The van der Waals surface area contributed by atoms with E-state index >= 15 is 0 Å². The van der Waals surface area contributed by atoms with Crippen molar-refractivity contribution in [1.29, 1.82) is 0 Å². The number of nitrogens with zero attached hydrogens (tertiary/aromatic N) is 2. The Labute approximate surface area is 186 Å². The number of amides is 3. The van der Waals surface area contributed by atoms with Crippen LogP contribution in [-0.4, -0.2) is 52.9 Å². The predicted octanol–water partition coefficient (Wildman–Crippen LogP) is 1.78. The second kappa shape index (κ2) is 8.80. The van der Waals surface area contributed by atoms with Gasteiger partial charge in [0.05, 0.1) is 11.8 Å². The lowest BCUT2D eigenvalue weighted by Crippen LogP contribution is -2.52. The Morgan fingerprint density at radius 2 is 2.06 bits per heavy atom. The maximum absolute atomic E-state index is 12.9. The number of hydrogen-bond donors (Lipinski definition) is 2. The zero-order valence-corrected chi connectivity index (χ0v) is 17.8. The Hall–Kier alpha value is -3.10. The first-order valence-electron chi connectivity index (χ1n) is 11.1. The third-order valence-corrected chi connectivity index (χ3v) is 6.37. The van der Waals surface area contributed by atoms with Crippen LogP contribution in [0.25, 0.3) is 11.3 Å². The highest BCUT2D eigenvalue weighted by molar-refractivity contribution is 6.05. The van der Waals surface area contributed by atoms with Crippen molar-refractivity contribution in [2.45, 2.75) is 50.9 Å². The van der Waals surface area contributed by atoms with E-state index in [1.165, 1.54) is 0 Å². The Kier molecular flexibility index (Phi) is 5.71. The molecule has 5 rings (SSSR count). The maximum atomic E-state index is 12.9. The van der Waals surface area contributed by atoms with E-state index in [1.54, 1.807) is 11.1 Å². The summed E-state index contributed by atoms with van der Waals surface area (Å²) in [4.78, 5) is 42.6. The van der Waals surface area contributed by atoms with E-state index in [0.29, 0.717) is 24.6 Å². The zero-order chi connectivity index (χ0) is 22.1. The smallest absolute Gasteiger partial charge is 0.255 e. The van der Waals surface area contributed by atoms with Crippen LogP contribution in [0.4, 0.5) is 0 Å². The molecule has 2 unspecified atom stereocenters. The molecule has 8 heteroatoms. The fraction of sp³-hybridized carbons (Fsp3) is 0.417. The lowest BCUT2D eigenvalue weighted by Gasteiger charge is -2.29. The van der Waals surface area contributed by atoms with Crippen molar-refractivity contribution in [3.8, 4) is 11.3 Å². The molecule has 32 heavy (non-hydrogen) atoms. The van der Waals surface area contributed by atoms with Crippen molar-refractivity contribution in [3.05, 3.63) is 53.2 Å². The number of hydrogen-bond acceptors (Lipinski definition) is 6. The molecule has 0 aliphatic carbocycles. The van der Waals surface area contributed by atoms with Gasteiger partial charge < -0.3 is 15.0 Å². The molecule has 0 bridgehead atoms. The molecule has 2 aromatic rings. The van der Waals surface area contributed by atoms with Crippen LogP contribution < -0.4 is 10.6 Å². The van der Waals surface area contributed by atoms with Crippen LogP contribution in [0.3, 0.4) is 0 Å². The van der Waals surface area contributed by atoms with Gasteiger partial charge in [-0.05, 0) is 54.7 Å². The highest BCUT2D eigenvalue weighted by atomic mass is 16.5. The maximum Gasteiger partial charge on any atom is 0.255 e. The van der Waals surface area contributed by atoms with Crippen LogP contribution in [-0.2, 0) is 27.4 Å². The van der Waals surface area contributed by atoms with Gasteiger partial charge in [0.2, 0.25) is 11.8 Å². The molecule has 2 fully saturated rings. The van der Waals surface area contributed by atoms with Gasteiger partial charge in [-0.25, -0.2) is 0 Å². The Balaban J connectivity index is 1.28. The number of nitrogens with one attached hydrogen (secondary N) is 2. The summed E-state index contributed by atoms with van der Waals surface area (Å²) in [5.41, 5.74) is 4.39. The van der Waals surface area contributed by atoms with Crippen molar-refractivity contribution in [2.75, 3.05) is 13.2 Å². The molecule has 3 aliphatic rings. The van der Waals surface area contributed by atoms with Crippen molar-refractivity contribution in [1.82, 2.24) is 20.5 Å². The molecule has 4 heterocycles. The normalized spacial score (nSPS) is 22.9. The van der Waals surface area contributed by atoms with Gasteiger partial charge in [0.1, 0.15) is 6.04 Å². The molecular formula is C24H26N4O4. The number of carbonyl (C=O) groups excluding carboxylic acids is 3. The molecule has 0 saturated carbocycles. The molecular weight excluding hydrogens is 408 g/mol. The van der Waals surface area contributed by atoms with Crippen molar-refractivity contribution in [3.63, 3.8) is 0 Å². The first-order chi connectivity index (χ1) is 15.6. The van der Waals surface area contributed by atoms with E-state index in [0.717, 1.165) is 54.9 Å². The summed E-state index contributed by atoms with van der Waals surface area (Å²) in [6.45, 7) is 2.79. The van der Waals surface area contributed by atoms with Crippen LogP contribution in [0.2, 0.25) is 0 Å². The minimum Gasteiger partial charge on any atom is -0.377 e. The minimum atomic E-state index is -0.604. The van der Waals surface area contributed by atoms with Crippen LogP contribution in [0.5, 0.6) is 0 Å². The highest BCUT2D eigenvalue weighted by Crippen LogP contribution is 2.30. The van der Waals surface area contributed by atoms with Gasteiger partial charge in [0.15, 0.2) is 0 Å². The van der Waals surface area contributed by atoms with Crippen LogP contribution in [0.15, 0.2) is 36.5 Å². The largest absolute Gasteiger partial charge is 0.377 e. The molecule has 3 aliphatic heterocycles. The summed E-state index contributed by atoms with van der Waals surface area (Å²) in [6.07, 6.45) is 4.95. The summed E-state index contributed by atoms with van der Waals surface area (Å²) in [5.74, 6) is -0.845. The van der Waals surface area contributed by atoms with Gasteiger partial charge in [0, 0.05) is 50.0 Å². The third-order valence-electron chi connectivity index (χ3n) is 6.37. The number of rotatable bonds is 6. The van der Waals surface area contributed by atoms with E-state index in [9.17, 15) is 14.4 Å². The SMILES string of the molecule is O=C1CCC(N2Cc3cc(-c4cc(CNCC5CCCO5)ccn4)ccc3C2=O)C(=O)N1. The van der Waals surface area contributed by atoms with Gasteiger partial charge in [-0.2, -0.15) is 0 Å². The van der Waals surface area contributed by atoms with Crippen molar-refractivity contribution in [2.24, 2.45) is 0 Å². The van der Waals surface area contributed by atoms with Crippen LogP contribution in [0.1, 0.15) is 47.2 Å². The lowest BCUT2D eigenvalue weighted by atomic mass is 10.0. The van der Waals surface area contributed by atoms with Crippen molar-refractivity contribution < 1.29 is 19.1 Å². The monoisotopic (exact) mass is 434 g/mol. The quantitative estimate of drug-likeness (QED) is 0.673. The predicted molar refractivity (Wildman–Crippen MR) is 116 cm³/mol. The number of ether oxygens (including phenoxy) is 1. The molecule has 1 aromatic heterocycles. The molecule has 0 radical (unpaired) electrons. The fourth-order valence-electron chi connectivity index (χ4n) is 4.66. The van der Waals surface area contributed by atoms with Gasteiger partial charge >= 0.3 is 0 Å². The van der Waals surface area contributed by atoms with Gasteiger partial charge in [-0.1, -0.05) is 6.07 Å². The molecule has 2 N–H and O–H groups in total. The zero-order valence-electron chi connectivity index (χ0n) is 17.8. The number of pyridine rings is 1. The summed E-state index contributed by atoms with van der Waals surface area (Å²) < 4.78 is 5.65. The third kappa shape index (κ3) is 4.16. The lowest BCUT2D eigenvalue weighted by molar-refractivity contribution is -0.136. The van der Waals surface area contributed by atoms with Gasteiger partial charge in [-0.3, -0.25) is 24.7 Å². The topological polar surface area (TPSA) is 101 Å². The number of imide groups is 1. The highest BCUT2D eigenvalue weighted by Gasteiger charge is 2.39. The molecule has 0 spiro atoms. The average molecular weight is 434 g/mol. The van der Waals surface area contributed by atoms with E-state index < -0.39 is 11.9 Å². The minimum absolute atomic E-state index is 0.166. The van der Waals surface area contributed by atoms with Gasteiger partial charge in [0.25, 0.3) is 5.91 Å². The first-order valence-corrected chi connectivity index (χ1v) is 11.1. The molecule has 1 aromatic carbocycles. The Morgan fingerprint density at radius 3 is 2.88 bits per heavy atom. The summed E-state index contributed by atoms with van der Waals surface area (Å²) in [5, 5.41) is 5.79. The molecule has 2 saturated heterocycles. The summed E-state index contributed by atoms with van der Waals surface area (Å²) >= 11 is 0. The summed E-state index contributed by atoms with van der Waals surface area (Å²) in [6, 6.07) is 9.13. The number of fused-ring (bicyclic) bond motifs is 1. The average Bonchev–Trinajstić information content (AvgIpc) is 3.42. The van der Waals surface area contributed by atoms with E-state index in [1.807, 2.05) is 24.3 Å². The number of piperidine rings is 1. The Bertz CT molecular complexity index is 1060. The van der Waals surface area contributed by atoms with E-state index in [4.69, 9.17) is 4.74 Å². The molecule has 8 nitrogen and oxygen atoms in total. The Morgan fingerprint density at radius 1 is 1.16 bits per heavy atom. The van der Waals surface area contributed by atoms with Gasteiger partial charge in [-0.15, -0.1) is 0 Å². The standard InChI is InChI=1S/C24H26N4O4/c29-22-6-5-21(23(30)27-22)28-14-17-11-16(3-4-19(17)24(28)31)20-10-15(7-8-26-20)12-25-13-18-2-1-9-32-18/h3-4,7-8,10-11,18,21,25H,1-2,5-6,9,12-14H2,(H,27,29,30). The van der Waals surface area contributed by atoms with Crippen LogP contribution in [0, 0.1) is 0 Å². The number of carbonyl (C=O) groups is 3. The second-order valence-electron chi connectivity index (χ2n) is 8.59. The molecule has 2 atom stereocenters. The second-order valence-corrected chi connectivity index (χ2v) is 8.59. The van der Waals surface area contributed by atoms with E-state index in [2.05, 4.69) is 21.7 Å². The summed E-state index contributed by atoms with van der Waals surface area (Å²) in [7, 11) is 0. The molecule has 166 valence electrons. The molecule has 3 amide bonds.